The monoisotopic (exact) mass is 1160 g/mol. The van der Waals surface area contributed by atoms with Gasteiger partial charge in [-0.25, -0.2) is 13.6 Å². The van der Waals surface area contributed by atoms with Crippen LogP contribution in [0.1, 0.15) is 137 Å². The number of imide groups is 1. The lowest BCUT2D eigenvalue weighted by atomic mass is 9.82. The summed E-state index contributed by atoms with van der Waals surface area (Å²) in [7, 11) is 0. The standard InChI is InChI=1S/C59H84F2N9O11.Al/c1-9-40(10-2)44-31-51(75)70(56(44)79)27-16-12-15-19-50(74)67-59(36-72,37(3)4)35-65-38(5)54(77)66-47(57(80)81)22-23-49(73)63-25-26-64-55(78)46(62)24-28-69(52(76)34-71)53(58(6,7)8)48-29-41(43-30-42(60)20-21-45(43)61)33-68(48)32-39-17-13-11-14-18-39;/h11,13-14,17-18,20-21,29-30,33,36-38,44,46-47,53,65,71H,9-10,12,15-16,19,22-28,31-32,34-35,62H2,1-8H3,(H,63,73)(H,64,78)(H,66,77)(H,67,74)(H,80,81);/t38?,44?,46-,47-,53-,59+;/m0./s1. The zero-order valence-electron chi connectivity index (χ0n) is 48.7. The normalized spacial score (nSPS) is 16.0. The van der Waals surface area contributed by atoms with Crippen molar-refractivity contribution in [2.75, 3.05) is 39.3 Å². The number of likely N-dealkylation sites (tertiary alicyclic amines) is 1. The molecule has 1 aliphatic heterocycles. The Labute approximate surface area is 488 Å². The summed E-state index contributed by atoms with van der Waals surface area (Å²) >= 11 is 2.77. The molecule has 0 saturated carbocycles. The van der Waals surface area contributed by atoms with Gasteiger partial charge in [-0.15, -0.1) is 0 Å². The summed E-state index contributed by atoms with van der Waals surface area (Å²) in [6.07, 6.45) is 4.87. The number of carboxylic acid groups (broad SMARTS) is 1. The Hall–Kier alpha value is -6.38. The van der Waals surface area contributed by atoms with E-state index in [2.05, 4.69) is 42.9 Å². The molecule has 6 atom stereocenters. The van der Waals surface area contributed by atoms with Gasteiger partial charge >= 0.3 is 5.97 Å². The summed E-state index contributed by atoms with van der Waals surface area (Å²) in [5.74, 6) is -6.81. The number of rotatable bonds is 34. The van der Waals surface area contributed by atoms with Crippen molar-refractivity contribution in [3.63, 3.8) is 0 Å². The summed E-state index contributed by atoms with van der Waals surface area (Å²) in [5.41, 5.74) is 6.03. The number of aliphatic carboxylic acids is 1. The van der Waals surface area contributed by atoms with E-state index >= 15 is 4.39 Å². The fourth-order valence-electron chi connectivity index (χ4n) is 10.1. The first-order valence-electron chi connectivity index (χ1n) is 28.2. The first-order chi connectivity index (χ1) is 38.6. The van der Waals surface area contributed by atoms with Crippen molar-refractivity contribution in [2.45, 2.75) is 160 Å². The Morgan fingerprint density at radius 1 is 0.890 bits per heavy atom. The molecule has 2 heterocycles. The smallest absolute Gasteiger partial charge is 0.326 e. The summed E-state index contributed by atoms with van der Waals surface area (Å²) in [6, 6.07) is 9.82. The van der Waals surface area contributed by atoms with Gasteiger partial charge in [0.2, 0.25) is 41.4 Å². The van der Waals surface area contributed by atoms with E-state index in [0.29, 0.717) is 43.4 Å². The minimum Gasteiger partial charge on any atom is -0.480 e. The maximum Gasteiger partial charge on any atom is 0.326 e. The molecule has 23 heteroatoms. The van der Waals surface area contributed by atoms with Gasteiger partial charge < -0.3 is 56.8 Å². The molecule has 3 aromatic rings. The second kappa shape index (κ2) is 31.3. The molecule has 0 bridgehead atoms. The molecule has 82 heavy (non-hydrogen) atoms. The second-order valence-electron chi connectivity index (χ2n) is 22.7. The molecule has 1 saturated heterocycles. The number of nitrogens with one attached hydrogen (secondary N) is 5. The first-order valence-corrected chi connectivity index (χ1v) is 28.8. The molecule has 2 radical (unpaired) electrons. The Balaban J connectivity index is 1.24. The van der Waals surface area contributed by atoms with Crippen molar-refractivity contribution in [3.05, 3.63) is 83.7 Å². The Bertz CT molecular complexity index is 2700. The quantitative estimate of drug-likeness (QED) is 0.0178. The van der Waals surface area contributed by atoms with E-state index in [1.165, 1.54) is 16.7 Å². The molecular formula is C59H84AlF2N9O11. The molecule has 448 valence electrons. The van der Waals surface area contributed by atoms with E-state index in [1.807, 2.05) is 69.5 Å². The van der Waals surface area contributed by atoms with Crippen molar-refractivity contribution < 1.29 is 62.1 Å². The highest BCUT2D eigenvalue weighted by atomic mass is 27.0. The van der Waals surface area contributed by atoms with Gasteiger partial charge in [-0.1, -0.05) is 102 Å². The number of hydrogen-bond donors (Lipinski definition) is 8. The third-order valence-electron chi connectivity index (χ3n) is 15.5. The zero-order chi connectivity index (χ0) is 61.1. The van der Waals surface area contributed by atoms with Crippen LogP contribution in [-0.4, -0.2) is 157 Å². The number of aldehydes is 1. The summed E-state index contributed by atoms with van der Waals surface area (Å²) < 4.78 is 31.1. The third kappa shape index (κ3) is 18.8. The SMILES string of the molecule is CC[C]([Al])(CC)C1CC(=O)N(CCCCCC(=O)N[C@@](C=O)(CNC(C)C(=O)N[C@@H](CCC(=O)NCCNC(=O)[C@@H](N)CCN(C(=O)CO)[C@@H](c2cc(-c3cc(F)ccc3F)cn2Cc2ccccc2)C(C)(C)C)C(=O)O)C(C)C)C1=O. The summed E-state index contributed by atoms with van der Waals surface area (Å²) in [6.45, 7) is 13.9. The van der Waals surface area contributed by atoms with E-state index in [0.717, 1.165) is 36.6 Å². The van der Waals surface area contributed by atoms with Gasteiger partial charge in [-0.05, 0) is 73.8 Å². The molecule has 20 nitrogen and oxygen atoms in total. The molecule has 2 aromatic carbocycles. The highest BCUT2D eigenvalue weighted by Gasteiger charge is 2.46. The van der Waals surface area contributed by atoms with Crippen LogP contribution >= 0.6 is 0 Å². The number of aliphatic hydroxyl groups is 1. The number of aliphatic hydroxyl groups excluding tert-OH is 1. The number of benzene rings is 2. The number of amides is 7. The van der Waals surface area contributed by atoms with Crippen LogP contribution in [0.15, 0.2) is 60.8 Å². The number of halogens is 2. The minimum absolute atomic E-state index is 0.0205. The molecule has 1 fully saturated rings. The van der Waals surface area contributed by atoms with Gasteiger partial charge in [0.1, 0.15) is 52.4 Å². The van der Waals surface area contributed by atoms with Crippen LogP contribution in [0.4, 0.5) is 8.78 Å². The molecular weight excluding hydrogens is 1080 g/mol. The lowest BCUT2D eigenvalue weighted by molar-refractivity contribution is -0.142. The van der Waals surface area contributed by atoms with Crippen LogP contribution in [-0.2, 0) is 49.7 Å². The molecule has 7 amide bonds. The van der Waals surface area contributed by atoms with Gasteiger partial charge in [0.15, 0.2) is 0 Å². The largest absolute Gasteiger partial charge is 0.480 e. The lowest BCUT2D eigenvalue weighted by Gasteiger charge is -2.41. The topological polar surface area (TPSA) is 292 Å². The highest BCUT2D eigenvalue weighted by Crippen LogP contribution is 2.45. The van der Waals surface area contributed by atoms with Crippen molar-refractivity contribution >= 4 is 69.9 Å². The van der Waals surface area contributed by atoms with Crippen molar-refractivity contribution in [1.29, 1.82) is 0 Å². The zero-order valence-corrected chi connectivity index (χ0v) is 49.8. The number of nitrogens with two attached hydrogens (primary N) is 1. The van der Waals surface area contributed by atoms with Crippen LogP contribution in [0.2, 0.25) is 4.28 Å². The van der Waals surface area contributed by atoms with Crippen molar-refractivity contribution in [1.82, 2.24) is 41.0 Å². The van der Waals surface area contributed by atoms with Gasteiger partial charge in [0, 0.05) is 87.5 Å². The van der Waals surface area contributed by atoms with E-state index in [4.69, 9.17) is 5.73 Å². The summed E-state index contributed by atoms with van der Waals surface area (Å²) in [5, 5.41) is 33.5. The maximum absolute atomic E-state index is 15.2. The fraction of sp³-hybridized carbons (Fsp3) is 0.576. The lowest BCUT2D eigenvalue weighted by Crippen LogP contribution is -2.62. The van der Waals surface area contributed by atoms with Gasteiger partial charge in [0.05, 0.1) is 18.1 Å². The van der Waals surface area contributed by atoms with Crippen molar-refractivity contribution in [2.24, 2.45) is 23.0 Å². The van der Waals surface area contributed by atoms with Crippen LogP contribution in [0, 0.1) is 28.9 Å². The maximum atomic E-state index is 15.2. The molecule has 9 N–H and O–H groups in total. The molecule has 2 unspecified atom stereocenters. The Kier molecular flexibility index (Phi) is 26.0. The average Bonchev–Trinajstić information content (AvgIpc) is 4.20. The van der Waals surface area contributed by atoms with E-state index < -0.39 is 94.8 Å². The number of nitrogens with zero attached hydrogens (tertiary/aromatic N) is 3. The molecule has 0 spiro atoms. The van der Waals surface area contributed by atoms with Crippen LogP contribution in [0.5, 0.6) is 0 Å². The molecule has 0 aliphatic carbocycles. The predicted octanol–water partition coefficient (Wildman–Crippen LogP) is 4.46. The predicted molar refractivity (Wildman–Crippen MR) is 305 cm³/mol. The Morgan fingerprint density at radius 2 is 1.56 bits per heavy atom. The van der Waals surface area contributed by atoms with Gasteiger partial charge in [-0.3, -0.25) is 38.5 Å². The first kappa shape index (κ1) is 68.1. The molecule has 4 rings (SSSR count). The average molecular weight is 1160 g/mol. The highest BCUT2D eigenvalue weighted by molar-refractivity contribution is 6.19. The number of carboxylic acids is 1. The number of unbranched alkanes of at least 4 members (excludes halogenated alkanes) is 2. The van der Waals surface area contributed by atoms with Crippen LogP contribution in [0.25, 0.3) is 11.1 Å². The fourth-order valence-corrected chi connectivity index (χ4v) is 10.4. The van der Waals surface area contributed by atoms with E-state index in [9.17, 15) is 57.8 Å². The number of carbonyl (C=O) groups is 9. The van der Waals surface area contributed by atoms with Crippen LogP contribution < -0.4 is 32.3 Å². The Morgan fingerprint density at radius 3 is 2.17 bits per heavy atom. The number of aromatic nitrogens is 1. The molecule has 1 aromatic heterocycles. The minimum atomic E-state index is -1.47. The summed E-state index contributed by atoms with van der Waals surface area (Å²) in [4.78, 5) is 119. The third-order valence-corrected chi connectivity index (χ3v) is 16.7. The van der Waals surface area contributed by atoms with Crippen molar-refractivity contribution in [3.8, 4) is 11.1 Å². The van der Waals surface area contributed by atoms with E-state index in [-0.39, 0.29) is 92.4 Å². The second-order valence-corrected chi connectivity index (χ2v) is 23.9. The number of carbonyl (C=O) groups excluding carboxylic acids is 8. The van der Waals surface area contributed by atoms with E-state index in [1.54, 1.807) is 26.1 Å². The number of hydrogen-bond acceptors (Lipinski definition) is 12. The molecule has 1 aliphatic rings. The van der Waals surface area contributed by atoms with Gasteiger partial charge in [0.25, 0.3) is 0 Å². The van der Waals surface area contributed by atoms with Gasteiger partial charge in [-0.2, -0.15) is 0 Å². The van der Waals surface area contributed by atoms with Crippen LogP contribution in [0.3, 0.4) is 0 Å².